The maximum atomic E-state index is 11.6. The summed E-state index contributed by atoms with van der Waals surface area (Å²) in [5, 5.41) is 6.81. The van der Waals surface area contributed by atoms with Crippen LogP contribution in [0.5, 0.6) is 0 Å². The highest BCUT2D eigenvalue weighted by Gasteiger charge is 2.28. The number of guanidine groups is 1. The summed E-state index contributed by atoms with van der Waals surface area (Å²) in [5.41, 5.74) is 5.09. The van der Waals surface area contributed by atoms with Gasteiger partial charge in [0.15, 0.2) is 15.8 Å². The molecule has 1 heterocycles. The summed E-state index contributed by atoms with van der Waals surface area (Å²) >= 11 is 0. The van der Waals surface area contributed by atoms with Crippen LogP contribution in [0.3, 0.4) is 0 Å². The van der Waals surface area contributed by atoms with E-state index in [-0.39, 0.29) is 29.9 Å². The van der Waals surface area contributed by atoms with Crippen LogP contribution in [0.1, 0.15) is 41.5 Å². The normalized spacial score (nSPS) is 22.0. The predicted octanol–water partition coefficient (Wildman–Crippen LogP) is 2.86. The molecular weight excluding hydrogens is 461 g/mol. The monoisotopic (exact) mass is 491 g/mol. The van der Waals surface area contributed by atoms with Crippen molar-refractivity contribution in [1.82, 2.24) is 10.6 Å². The summed E-state index contributed by atoms with van der Waals surface area (Å²) < 4.78 is 23.2. The number of halogens is 1. The zero-order chi connectivity index (χ0) is 18.0. The highest BCUT2D eigenvalue weighted by molar-refractivity contribution is 14.0. The van der Waals surface area contributed by atoms with E-state index in [0.29, 0.717) is 30.6 Å². The van der Waals surface area contributed by atoms with Gasteiger partial charge in [0.1, 0.15) is 0 Å². The molecule has 26 heavy (non-hydrogen) atoms. The largest absolute Gasteiger partial charge is 0.356 e. The Bertz CT molecular complexity index is 750. The molecule has 0 bridgehead atoms. The number of aliphatic imine (C=N–C) groups is 1. The van der Waals surface area contributed by atoms with Gasteiger partial charge in [0.05, 0.1) is 18.1 Å². The van der Waals surface area contributed by atoms with E-state index in [2.05, 4.69) is 43.5 Å². The smallest absolute Gasteiger partial charge is 0.191 e. The molecular formula is C19H30IN3O2S. The Hall–Kier alpha value is -0.830. The van der Waals surface area contributed by atoms with E-state index < -0.39 is 9.84 Å². The van der Waals surface area contributed by atoms with Gasteiger partial charge in [0, 0.05) is 12.6 Å². The summed E-state index contributed by atoms with van der Waals surface area (Å²) in [6, 6.07) is 4.91. The molecule has 0 aromatic heterocycles. The molecule has 1 aromatic rings. The molecule has 1 atom stereocenters. The third kappa shape index (κ3) is 6.11. The first-order chi connectivity index (χ1) is 11.8. The Kier molecular flexibility index (Phi) is 7.35. The van der Waals surface area contributed by atoms with Crippen molar-refractivity contribution >= 4 is 39.8 Å². The molecule has 7 heteroatoms. The van der Waals surface area contributed by atoms with E-state index in [1.807, 2.05) is 0 Å². The van der Waals surface area contributed by atoms with Crippen molar-refractivity contribution in [3.63, 3.8) is 0 Å². The lowest BCUT2D eigenvalue weighted by atomic mass is 10.00. The molecule has 1 aliphatic heterocycles. The van der Waals surface area contributed by atoms with Crippen LogP contribution in [0.15, 0.2) is 17.1 Å². The van der Waals surface area contributed by atoms with Crippen LogP contribution < -0.4 is 10.6 Å². The lowest BCUT2D eigenvalue weighted by Crippen LogP contribution is -2.41. The maximum absolute atomic E-state index is 11.6. The first-order valence-electron chi connectivity index (χ1n) is 9.14. The van der Waals surface area contributed by atoms with Crippen LogP contribution in [-0.4, -0.2) is 38.5 Å². The van der Waals surface area contributed by atoms with Crippen LogP contribution in [0.2, 0.25) is 0 Å². The minimum atomic E-state index is -2.82. The standard InChI is InChI=1S/C19H29N3O2S.HI/c1-13-8-14(2)18(15(3)9-13)11-21-19(22-17-4-5-17)20-10-16-6-7-25(23,24)12-16;/h8-9,16-17H,4-7,10-12H2,1-3H3,(H2,20,21,22);1H. The van der Waals surface area contributed by atoms with Crippen molar-refractivity contribution in [2.24, 2.45) is 10.9 Å². The summed E-state index contributed by atoms with van der Waals surface area (Å²) in [6.07, 6.45) is 3.12. The van der Waals surface area contributed by atoms with Crippen LogP contribution in [-0.2, 0) is 16.4 Å². The predicted molar refractivity (Wildman–Crippen MR) is 118 cm³/mol. The van der Waals surface area contributed by atoms with Crippen LogP contribution in [0.25, 0.3) is 0 Å². The van der Waals surface area contributed by atoms with E-state index >= 15 is 0 Å². The van der Waals surface area contributed by atoms with Gasteiger partial charge in [-0.1, -0.05) is 17.7 Å². The number of benzene rings is 1. The summed E-state index contributed by atoms with van der Waals surface area (Å²) in [7, 11) is -2.82. The van der Waals surface area contributed by atoms with Crippen molar-refractivity contribution in [2.75, 3.05) is 18.1 Å². The maximum Gasteiger partial charge on any atom is 0.191 e. The Balaban J connectivity index is 0.00000243. The second-order valence-corrected chi connectivity index (χ2v) is 9.84. The summed E-state index contributed by atoms with van der Waals surface area (Å²) in [6.45, 7) is 7.70. The Labute approximate surface area is 174 Å². The van der Waals surface area contributed by atoms with Gasteiger partial charge in [-0.15, -0.1) is 24.0 Å². The van der Waals surface area contributed by atoms with E-state index in [9.17, 15) is 8.42 Å². The molecule has 1 unspecified atom stereocenters. The fraction of sp³-hybridized carbons (Fsp3) is 0.632. The molecule has 0 radical (unpaired) electrons. The van der Waals surface area contributed by atoms with Gasteiger partial charge < -0.3 is 10.6 Å². The zero-order valence-corrected chi connectivity index (χ0v) is 19.0. The molecule has 1 aromatic carbocycles. The highest BCUT2D eigenvalue weighted by atomic mass is 127. The van der Waals surface area contributed by atoms with Crippen molar-refractivity contribution in [1.29, 1.82) is 0 Å². The second kappa shape index (κ2) is 8.91. The van der Waals surface area contributed by atoms with Crippen LogP contribution in [0, 0.1) is 26.7 Å². The molecule has 2 fully saturated rings. The van der Waals surface area contributed by atoms with Crippen molar-refractivity contribution < 1.29 is 8.42 Å². The Morgan fingerprint density at radius 2 is 1.81 bits per heavy atom. The third-order valence-corrected chi connectivity index (χ3v) is 6.88. The van der Waals surface area contributed by atoms with Gasteiger partial charge in [-0.2, -0.15) is 0 Å². The minimum absolute atomic E-state index is 0. The molecule has 0 spiro atoms. The van der Waals surface area contributed by atoms with Gasteiger partial charge in [-0.3, -0.25) is 0 Å². The first kappa shape index (κ1) is 21.5. The summed E-state index contributed by atoms with van der Waals surface area (Å²) in [5.74, 6) is 1.63. The average Bonchev–Trinajstić information content (AvgIpc) is 3.25. The quantitative estimate of drug-likeness (QED) is 0.378. The van der Waals surface area contributed by atoms with Gasteiger partial charge in [-0.25, -0.2) is 13.4 Å². The highest BCUT2D eigenvalue weighted by Crippen LogP contribution is 2.20. The summed E-state index contributed by atoms with van der Waals surface area (Å²) in [4.78, 5) is 4.77. The van der Waals surface area contributed by atoms with Crippen molar-refractivity contribution in [3.8, 4) is 0 Å². The molecule has 3 rings (SSSR count). The average molecular weight is 491 g/mol. The number of aryl methyl sites for hydroxylation is 3. The molecule has 0 amide bonds. The fourth-order valence-electron chi connectivity index (χ4n) is 3.47. The zero-order valence-electron chi connectivity index (χ0n) is 15.8. The third-order valence-electron chi connectivity index (χ3n) is 5.04. The molecule has 1 saturated carbocycles. The van der Waals surface area contributed by atoms with Crippen molar-refractivity contribution in [3.05, 3.63) is 34.4 Å². The lowest BCUT2D eigenvalue weighted by Gasteiger charge is -2.16. The minimum Gasteiger partial charge on any atom is -0.356 e. The number of rotatable bonds is 5. The first-order valence-corrected chi connectivity index (χ1v) is 11.0. The lowest BCUT2D eigenvalue weighted by molar-refractivity contribution is 0.566. The van der Waals surface area contributed by atoms with Gasteiger partial charge >= 0.3 is 0 Å². The Morgan fingerprint density at radius 3 is 2.35 bits per heavy atom. The topological polar surface area (TPSA) is 70.6 Å². The molecule has 5 nitrogen and oxygen atoms in total. The number of hydrogen-bond acceptors (Lipinski definition) is 3. The molecule has 1 aliphatic carbocycles. The van der Waals surface area contributed by atoms with Crippen LogP contribution in [0.4, 0.5) is 0 Å². The van der Waals surface area contributed by atoms with E-state index in [1.54, 1.807) is 0 Å². The Morgan fingerprint density at radius 1 is 1.15 bits per heavy atom. The second-order valence-electron chi connectivity index (χ2n) is 7.61. The van der Waals surface area contributed by atoms with Gasteiger partial charge in [0.2, 0.25) is 0 Å². The van der Waals surface area contributed by atoms with E-state index in [4.69, 9.17) is 4.99 Å². The van der Waals surface area contributed by atoms with E-state index in [0.717, 1.165) is 12.4 Å². The number of hydrogen-bond donors (Lipinski definition) is 2. The molecule has 146 valence electrons. The van der Waals surface area contributed by atoms with Crippen molar-refractivity contribution in [2.45, 2.75) is 52.6 Å². The van der Waals surface area contributed by atoms with Gasteiger partial charge in [0.25, 0.3) is 0 Å². The number of nitrogens with one attached hydrogen (secondary N) is 2. The van der Waals surface area contributed by atoms with Gasteiger partial charge in [-0.05, 0) is 62.6 Å². The number of nitrogens with zero attached hydrogens (tertiary/aromatic N) is 1. The van der Waals surface area contributed by atoms with E-state index in [1.165, 1.54) is 35.1 Å². The molecule has 2 aliphatic rings. The molecule has 1 saturated heterocycles. The number of sulfone groups is 1. The SMILES string of the molecule is Cc1cc(C)c(CN=C(NCC2CCS(=O)(=O)C2)NC2CC2)c(C)c1.I. The van der Waals surface area contributed by atoms with Crippen LogP contribution >= 0.6 is 24.0 Å². The molecule has 2 N–H and O–H groups in total. The fourth-order valence-corrected chi connectivity index (χ4v) is 5.33.